The third-order valence-corrected chi connectivity index (χ3v) is 3.88. The summed E-state index contributed by atoms with van der Waals surface area (Å²) in [6.45, 7) is 0. The van der Waals surface area contributed by atoms with Gasteiger partial charge in [-0.1, -0.05) is 35.5 Å². The van der Waals surface area contributed by atoms with E-state index in [9.17, 15) is 4.79 Å². The van der Waals surface area contributed by atoms with E-state index in [-0.39, 0.29) is 11.6 Å². The number of ether oxygens (including phenoxy) is 1. The van der Waals surface area contributed by atoms with Gasteiger partial charge in [-0.3, -0.25) is 15.2 Å². The Balaban J connectivity index is 1.47. The molecule has 0 unspecified atom stereocenters. The summed E-state index contributed by atoms with van der Waals surface area (Å²) >= 11 is 0. The standard InChI is InChI=1S/C19H15N5O3/c1-26-14-9-7-13(8-10-14)17-20-19(23-22-17)21-18(25)15-11-16(27-24-15)12-5-3-2-4-6-12/h2-11H,1H3,(H2,20,21,22,23,25). The Bertz CT molecular complexity index is 1050. The number of nitrogens with one attached hydrogen (secondary N) is 2. The number of benzene rings is 2. The highest BCUT2D eigenvalue weighted by molar-refractivity contribution is 6.02. The van der Waals surface area contributed by atoms with Crippen LogP contribution >= 0.6 is 0 Å². The average molecular weight is 361 g/mol. The smallest absolute Gasteiger partial charge is 0.280 e. The van der Waals surface area contributed by atoms with Gasteiger partial charge < -0.3 is 9.26 Å². The summed E-state index contributed by atoms with van der Waals surface area (Å²) < 4.78 is 10.4. The Morgan fingerprint density at radius 3 is 2.59 bits per heavy atom. The third-order valence-electron chi connectivity index (χ3n) is 3.88. The first-order chi connectivity index (χ1) is 13.2. The molecule has 0 aliphatic heterocycles. The van der Waals surface area contributed by atoms with Gasteiger partial charge in [-0.2, -0.15) is 4.98 Å². The van der Waals surface area contributed by atoms with Gasteiger partial charge in [0.2, 0.25) is 5.95 Å². The first-order valence-electron chi connectivity index (χ1n) is 8.13. The maximum atomic E-state index is 12.3. The fourth-order valence-corrected chi connectivity index (χ4v) is 2.48. The van der Waals surface area contributed by atoms with Crippen molar-refractivity contribution in [3.63, 3.8) is 0 Å². The highest BCUT2D eigenvalue weighted by Gasteiger charge is 2.16. The van der Waals surface area contributed by atoms with E-state index in [2.05, 4.69) is 25.7 Å². The number of rotatable bonds is 5. The van der Waals surface area contributed by atoms with Crippen LogP contribution in [0.25, 0.3) is 22.7 Å². The van der Waals surface area contributed by atoms with Crippen LogP contribution in [0.3, 0.4) is 0 Å². The van der Waals surface area contributed by atoms with Crippen LogP contribution in [0.2, 0.25) is 0 Å². The van der Waals surface area contributed by atoms with Gasteiger partial charge >= 0.3 is 0 Å². The van der Waals surface area contributed by atoms with Crippen molar-refractivity contribution in [2.45, 2.75) is 0 Å². The Hall–Kier alpha value is -3.94. The highest BCUT2D eigenvalue weighted by Crippen LogP contribution is 2.21. The monoisotopic (exact) mass is 361 g/mol. The summed E-state index contributed by atoms with van der Waals surface area (Å²) in [5, 5.41) is 13.2. The second-order valence-electron chi connectivity index (χ2n) is 5.63. The van der Waals surface area contributed by atoms with E-state index in [1.165, 1.54) is 0 Å². The molecule has 0 fully saturated rings. The molecule has 0 saturated carbocycles. The fourth-order valence-electron chi connectivity index (χ4n) is 2.48. The quantitative estimate of drug-likeness (QED) is 0.564. The number of carbonyl (C=O) groups is 1. The molecule has 134 valence electrons. The van der Waals surface area contributed by atoms with Gasteiger partial charge in [-0.15, -0.1) is 5.10 Å². The van der Waals surface area contributed by atoms with Crippen molar-refractivity contribution >= 4 is 11.9 Å². The van der Waals surface area contributed by atoms with Crippen molar-refractivity contribution in [3.05, 3.63) is 66.4 Å². The molecule has 4 aromatic rings. The van der Waals surface area contributed by atoms with Crippen LogP contribution in [0.1, 0.15) is 10.5 Å². The molecule has 0 atom stereocenters. The molecule has 8 nitrogen and oxygen atoms in total. The minimum Gasteiger partial charge on any atom is -0.497 e. The zero-order valence-electron chi connectivity index (χ0n) is 14.3. The first-order valence-corrected chi connectivity index (χ1v) is 8.13. The van der Waals surface area contributed by atoms with E-state index in [0.29, 0.717) is 11.6 Å². The molecular weight excluding hydrogens is 346 g/mol. The minimum absolute atomic E-state index is 0.143. The van der Waals surface area contributed by atoms with Crippen molar-refractivity contribution in [2.24, 2.45) is 0 Å². The van der Waals surface area contributed by atoms with Crippen LogP contribution in [0.4, 0.5) is 5.95 Å². The summed E-state index contributed by atoms with van der Waals surface area (Å²) in [4.78, 5) is 16.6. The molecule has 4 rings (SSSR count). The summed E-state index contributed by atoms with van der Waals surface area (Å²) in [6.07, 6.45) is 0. The molecule has 2 heterocycles. The average Bonchev–Trinajstić information content (AvgIpc) is 3.39. The van der Waals surface area contributed by atoms with Crippen molar-refractivity contribution in [1.29, 1.82) is 0 Å². The number of H-pyrrole nitrogens is 1. The second kappa shape index (κ2) is 7.12. The highest BCUT2D eigenvalue weighted by atomic mass is 16.5. The van der Waals surface area contributed by atoms with Crippen LogP contribution < -0.4 is 10.1 Å². The van der Waals surface area contributed by atoms with E-state index in [1.807, 2.05) is 54.6 Å². The molecule has 27 heavy (non-hydrogen) atoms. The lowest BCUT2D eigenvalue weighted by atomic mass is 10.1. The Morgan fingerprint density at radius 2 is 1.85 bits per heavy atom. The number of amides is 1. The molecule has 8 heteroatoms. The number of nitrogens with zero attached hydrogens (tertiary/aromatic N) is 3. The first kappa shape index (κ1) is 16.5. The Morgan fingerprint density at radius 1 is 1.07 bits per heavy atom. The van der Waals surface area contributed by atoms with Crippen LogP contribution in [-0.4, -0.2) is 33.4 Å². The number of hydrogen-bond donors (Lipinski definition) is 2. The molecule has 2 aromatic heterocycles. The number of aromatic amines is 1. The van der Waals surface area contributed by atoms with Crippen molar-refractivity contribution in [1.82, 2.24) is 20.3 Å². The van der Waals surface area contributed by atoms with Gasteiger partial charge in [0.05, 0.1) is 7.11 Å². The third kappa shape index (κ3) is 3.54. The normalized spacial score (nSPS) is 10.6. The Labute approximate surface area is 154 Å². The maximum Gasteiger partial charge on any atom is 0.280 e. The molecule has 0 bridgehead atoms. The van der Waals surface area contributed by atoms with Crippen molar-refractivity contribution < 1.29 is 14.1 Å². The van der Waals surface area contributed by atoms with Gasteiger partial charge in [-0.05, 0) is 24.3 Å². The predicted molar refractivity (Wildman–Crippen MR) is 98.3 cm³/mol. The lowest BCUT2D eigenvalue weighted by Gasteiger charge is -1.99. The summed E-state index contributed by atoms with van der Waals surface area (Å²) in [5.74, 6) is 1.47. The van der Waals surface area contributed by atoms with E-state index < -0.39 is 5.91 Å². The largest absolute Gasteiger partial charge is 0.497 e. The maximum absolute atomic E-state index is 12.3. The number of anilines is 1. The van der Waals surface area contributed by atoms with Gasteiger partial charge in [0.15, 0.2) is 17.3 Å². The summed E-state index contributed by atoms with van der Waals surface area (Å²) in [5.41, 5.74) is 1.80. The van der Waals surface area contributed by atoms with E-state index >= 15 is 0 Å². The number of aromatic nitrogens is 4. The molecule has 2 aromatic carbocycles. The molecule has 2 N–H and O–H groups in total. The molecule has 0 radical (unpaired) electrons. The molecular formula is C19H15N5O3. The summed E-state index contributed by atoms with van der Waals surface area (Å²) in [6, 6.07) is 18.3. The molecule has 0 aliphatic carbocycles. The molecule has 0 aliphatic rings. The molecule has 0 spiro atoms. The van der Waals surface area contributed by atoms with Gasteiger partial charge in [0.25, 0.3) is 5.91 Å². The van der Waals surface area contributed by atoms with Crippen LogP contribution in [0.5, 0.6) is 5.75 Å². The molecule has 1 amide bonds. The topological polar surface area (TPSA) is 106 Å². The minimum atomic E-state index is -0.457. The van der Waals surface area contributed by atoms with E-state index in [0.717, 1.165) is 16.9 Å². The Kier molecular flexibility index (Phi) is 4.36. The number of methoxy groups -OCH3 is 1. The van der Waals surface area contributed by atoms with Crippen LogP contribution in [-0.2, 0) is 0 Å². The van der Waals surface area contributed by atoms with Crippen LogP contribution in [0.15, 0.2) is 65.2 Å². The van der Waals surface area contributed by atoms with Gasteiger partial charge in [0, 0.05) is 17.2 Å². The second-order valence-corrected chi connectivity index (χ2v) is 5.63. The lowest BCUT2D eigenvalue weighted by Crippen LogP contribution is -2.13. The lowest BCUT2D eigenvalue weighted by molar-refractivity contribution is 0.101. The van der Waals surface area contributed by atoms with E-state index in [1.54, 1.807) is 13.2 Å². The zero-order valence-corrected chi connectivity index (χ0v) is 14.3. The number of carbonyl (C=O) groups excluding carboxylic acids is 1. The summed E-state index contributed by atoms with van der Waals surface area (Å²) in [7, 11) is 1.60. The SMILES string of the molecule is COc1ccc(-c2nc(NC(=O)c3cc(-c4ccccc4)on3)n[nH]2)cc1. The predicted octanol–water partition coefficient (Wildman–Crippen LogP) is 3.39. The fraction of sp³-hybridized carbons (Fsp3) is 0.0526. The van der Waals surface area contributed by atoms with E-state index in [4.69, 9.17) is 9.26 Å². The van der Waals surface area contributed by atoms with Crippen molar-refractivity contribution in [2.75, 3.05) is 12.4 Å². The molecule has 0 saturated heterocycles. The zero-order chi connectivity index (χ0) is 18.6. The van der Waals surface area contributed by atoms with Crippen LogP contribution in [0, 0.1) is 0 Å². The van der Waals surface area contributed by atoms with Gasteiger partial charge in [0.1, 0.15) is 5.75 Å². The van der Waals surface area contributed by atoms with Gasteiger partial charge in [-0.25, -0.2) is 0 Å². The number of hydrogen-bond acceptors (Lipinski definition) is 6. The van der Waals surface area contributed by atoms with Crippen molar-refractivity contribution in [3.8, 4) is 28.5 Å².